The predicted molar refractivity (Wildman–Crippen MR) is 75.2 cm³/mol. The van der Waals surface area contributed by atoms with Gasteiger partial charge in [-0.25, -0.2) is 4.79 Å². The maximum atomic E-state index is 12.1. The smallest absolute Gasteiger partial charge is 0.323 e. The van der Waals surface area contributed by atoms with E-state index in [0.717, 1.165) is 4.90 Å². The van der Waals surface area contributed by atoms with Crippen molar-refractivity contribution in [3.05, 3.63) is 47.3 Å². The quantitative estimate of drug-likeness (QED) is 0.882. The highest BCUT2D eigenvalue weighted by molar-refractivity contribution is 6.30. The Morgan fingerprint density at radius 2 is 2.00 bits per heavy atom. The van der Waals surface area contributed by atoms with Crippen molar-refractivity contribution < 1.29 is 19.2 Å². The number of aromatic nitrogens is 1. The van der Waals surface area contributed by atoms with Crippen LogP contribution in [0.4, 0.5) is 10.5 Å². The van der Waals surface area contributed by atoms with Crippen molar-refractivity contribution in [3.8, 4) is 0 Å². The fourth-order valence-corrected chi connectivity index (χ4v) is 1.75. The molecule has 21 heavy (non-hydrogen) atoms. The number of halogens is 1. The summed E-state index contributed by atoms with van der Waals surface area (Å²) in [5.74, 6) is -0.658. The number of amides is 2. The minimum Gasteiger partial charge on any atom is -0.480 e. The molecule has 1 aromatic heterocycles. The molecule has 110 valence electrons. The van der Waals surface area contributed by atoms with Gasteiger partial charge in [0.05, 0.1) is 12.7 Å². The predicted octanol–water partition coefficient (Wildman–Crippen LogP) is 2.13. The van der Waals surface area contributed by atoms with Crippen molar-refractivity contribution in [2.45, 2.75) is 6.54 Å². The maximum absolute atomic E-state index is 12.1. The molecule has 2 rings (SSSR count). The van der Waals surface area contributed by atoms with Crippen molar-refractivity contribution >= 4 is 29.3 Å². The van der Waals surface area contributed by atoms with Crippen molar-refractivity contribution in [1.82, 2.24) is 10.5 Å². The molecule has 1 aromatic carbocycles. The summed E-state index contributed by atoms with van der Waals surface area (Å²) in [4.78, 5) is 24.1. The van der Waals surface area contributed by atoms with Crippen molar-refractivity contribution in [2.75, 3.05) is 11.4 Å². The molecule has 2 aromatic rings. The van der Waals surface area contributed by atoms with Crippen LogP contribution in [0, 0.1) is 0 Å². The van der Waals surface area contributed by atoms with Gasteiger partial charge in [-0.15, -0.1) is 0 Å². The van der Waals surface area contributed by atoms with Crippen LogP contribution in [0.1, 0.15) is 5.76 Å². The molecule has 0 saturated carbocycles. The summed E-state index contributed by atoms with van der Waals surface area (Å²) in [6.45, 7) is -0.355. The zero-order valence-electron chi connectivity index (χ0n) is 10.8. The van der Waals surface area contributed by atoms with Crippen molar-refractivity contribution in [2.24, 2.45) is 0 Å². The summed E-state index contributed by atoms with van der Waals surface area (Å²) >= 11 is 5.78. The third kappa shape index (κ3) is 4.22. The molecule has 0 fully saturated rings. The van der Waals surface area contributed by atoms with Gasteiger partial charge in [0.25, 0.3) is 0 Å². The van der Waals surface area contributed by atoms with Gasteiger partial charge in [-0.1, -0.05) is 16.8 Å². The van der Waals surface area contributed by atoms with Crippen LogP contribution >= 0.6 is 11.6 Å². The normalized spacial score (nSPS) is 10.1. The molecule has 2 N–H and O–H groups in total. The first kappa shape index (κ1) is 14.9. The number of rotatable bonds is 5. The highest BCUT2D eigenvalue weighted by Crippen LogP contribution is 2.18. The average molecular weight is 310 g/mol. The molecule has 0 atom stereocenters. The first-order valence-electron chi connectivity index (χ1n) is 5.98. The molecular formula is C13H12ClN3O4. The molecule has 0 radical (unpaired) electrons. The number of carbonyl (C=O) groups is 2. The summed E-state index contributed by atoms with van der Waals surface area (Å²) in [6, 6.07) is 7.34. The molecule has 7 nitrogen and oxygen atoms in total. The average Bonchev–Trinajstić information content (AvgIpc) is 2.96. The minimum atomic E-state index is -1.13. The van der Waals surface area contributed by atoms with Gasteiger partial charge in [0.1, 0.15) is 6.54 Å². The lowest BCUT2D eigenvalue weighted by molar-refractivity contribution is -0.135. The summed E-state index contributed by atoms with van der Waals surface area (Å²) in [7, 11) is 0. The Balaban J connectivity index is 2.09. The lowest BCUT2D eigenvalue weighted by Gasteiger charge is -2.21. The van der Waals surface area contributed by atoms with Crippen LogP contribution in [0.25, 0.3) is 0 Å². The monoisotopic (exact) mass is 309 g/mol. The number of hydrogen-bond donors (Lipinski definition) is 2. The Hall–Kier alpha value is -2.54. The number of nitrogens with zero attached hydrogens (tertiary/aromatic N) is 2. The Morgan fingerprint density at radius 1 is 1.29 bits per heavy atom. The van der Waals surface area contributed by atoms with E-state index in [9.17, 15) is 9.59 Å². The third-order valence-electron chi connectivity index (χ3n) is 2.58. The van der Waals surface area contributed by atoms with Crippen molar-refractivity contribution in [1.29, 1.82) is 0 Å². The fraction of sp³-hybridized carbons (Fsp3) is 0.154. The zero-order chi connectivity index (χ0) is 15.2. The van der Waals surface area contributed by atoms with E-state index < -0.39 is 18.5 Å². The number of carboxylic acids is 1. The molecule has 2 amide bonds. The van der Waals surface area contributed by atoms with E-state index in [2.05, 4.69) is 10.5 Å². The van der Waals surface area contributed by atoms with Crippen LogP contribution in [0.15, 0.2) is 41.1 Å². The summed E-state index contributed by atoms with van der Waals surface area (Å²) in [5.41, 5.74) is 0.428. The SMILES string of the molecule is O=C(O)CN(C(=O)NCc1ccno1)c1ccc(Cl)cc1. The van der Waals surface area contributed by atoms with E-state index in [4.69, 9.17) is 21.2 Å². The molecule has 0 unspecified atom stereocenters. The Bertz CT molecular complexity index is 613. The largest absolute Gasteiger partial charge is 0.480 e. The first-order chi connectivity index (χ1) is 10.1. The van der Waals surface area contributed by atoms with Gasteiger partial charge in [-0.05, 0) is 24.3 Å². The lowest BCUT2D eigenvalue weighted by atomic mass is 10.3. The number of nitrogens with one attached hydrogen (secondary N) is 1. The number of aliphatic carboxylic acids is 1. The molecule has 1 heterocycles. The Morgan fingerprint density at radius 3 is 2.57 bits per heavy atom. The van der Waals surface area contributed by atoms with Gasteiger partial charge in [0, 0.05) is 16.8 Å². The molecule has 8 heteroatoms. The number of urea groups is 1. The highest BCUT2D eigenvalue weighted by atomic mass is 35.5. The van der Waals surface area contributed by atoms with E-state index in [1.807, 2.05) is 0 Å². The lowest BCUT2D eigenvalue weighted by Crippen LogP contribution is -2.42. The molecule has 0 spiro atoms. The van der Waals surface area contributed by atoms with E-state index >= 15 is 0 Å². The molecule has 0 aliphatic heterocycles. The second-order valence-corrected chi connectivity index (χ2v) is 4.53. The van der Waals surface area contributed by atoms with Crippen LogP contribution in [0.2, 0.25) is 5.02 Å². The van der Waals surface area contributed by atoms with E-state index in [0.29, 0.717) is 16.5 Å². The number of benzene rings is 1. The van der Waals surface area contributed by atoms with Gasteiger partial charge < -0.3 is 14.9 Å². The van der Waals surface area contributed by atoms with Gasteiger partial charge in [-0.3, -0.25) is 9.69 Å². The van der Waals surface area contributed by atoms with Crippen molar-refractivity contribution in [3.63, 3.8) is 0 Å². The molecular weight excluding hydrogens is 298 g/mol. The first-order valence-corrected chi connectivity index (χ1v) is 6.36. The van der Waals surface area contributed by atoms with Crippen LogP contribution in [0.3, 0.4) is 0 Å². The number of hydrogen-bond acceptors (Lipinski definition) is 4. The highest BCUT2D eigenvalue weighted by Gasteiger charge is 2.18. The summed E-state index contributed by atoms with van der Waals surface area (Å²) in [5, 5.41) is 15.5. The standard InChI is InChI=1S/C13H12ClN3O4/c14-9-1-3-10(4-2-9)17(8-12(18)19)13(20)15-7-11-5-6-16-21-11/h1-6H,7-8H2,(H,15,20)(H,18,19). The molecule has 0 bridgehead atoms. The zero-order valence-corrected chi connectivity index (χ0v) is 11.6. The summed E-state index contributed by atoms with van der Waals surface area (Å²) < 4.78 is 4.85. The topological polar surface area (TPSA) is 95.7 Å². The number of carbonyl (C=O) groups excluding carboxylic acids is 1. The summed E-state index contributed by atoms with van der Waals surface area (Å²) in [6.07, 6.45) is 1.45. The van der Waals surface area contributed by atoms with Gasteiger partial charge >= 0.3 is 12.0 Å². The third-order valence-corrected chi connectivity index (χ3v) is 2.83. The number of carboxylic acid groups (broad SMARTS) is 1. The maximum Gasteiger partial charge on any atom is 0.323 e. The van der Waals surface area contributed by atoms with Gasteiger partial charge in [-0.2, -0.15) is 0 Å². The van der Waals surface area contributed by atoms with Crippen LogP contribution in [-0.4, -0.2) is 28.8 Å². The van der Waals surface area contributed by atoms with Gasteiger partial charge in [0.15, 0.2) is 5.76 Å². The number of anilines is 1. The fourth-order valence-electron chi connectivity index (χ4n) is 1.63. The van der Waals surface area contributed by atoms with Crippen LogP contribution < -0.4 is 10.2 Å². The molecule has 0 aliphatic rings. The molecule has 0 saturated heterocycles. The van der Waals surface area contributed by atoms with Crippen LogP contribution in [0.5, 0.6) is 0 Å². The minimum absolute atomic E-state index is 0.114. The van der Waals surface area contributed by atoms with E-state index in [1.54, 1.807) is 30.3 Å². The van der Waals surface area contributed by atoms with Crippen LogP contribution in [-0.2, 0) is 11.3 Å². The second-order valence-electron chi connectivity index (χ2n) is 4.09. The van der Waals surface area contributed by atoms with E-state index in [1.165, 1.54) is 6.20 Å². The molecule has 0 aliphatic carbocycles. The second kappa shape index (κ2) is 6.76. The Labute approximate surface area is 125 Å². The van der Waals surface area contributed by atoms with E-state index in [-0.39, 0.29) is 6.54 Å². The Kier molecular flexibility index (Phi) is 4.78. The van der Waals surface area contributed by atoms with Gasteiger partial charge in [0.2, 0.25) is 0 Å².